The first-order chi connectivity index (χ1) is 25.5. The van der Waals surface area contributed by atoms with E-state index >= 15 is 0 Å². The van der Waals surface area contributed by atoms with Gasteiger partial charge in [-0.05, 0) is 93.9 Å². The number of carbonyl (C=O) groups is 1. The molecule has 2 spiro atoms. The molecule has 4 aromatic rings. The van der Waals surface area contributed by atoms with Crippen LogP contribution in [0.2, 0.25) is 0 Å². The quantitative estimate of drug-likeness (QED) is 0.183. The van der Waals surface area contributed by atoms with Crippen LogP contribution in [-0.4, -0.2) is 69.3 Å². The highest BCUT2D eigenvalue weighted by Gasteiger charge is 2.47. The number of aromatic hydroxyl groups is 1. The SMILES string of the molecule is CNCc1c(C=O)ccc2c1OCC21CCN(CC2CCC3(CC2)CN(c2ccc(C4c5ccc(O)cc5OCC4c4ccccc4)cc2)C3)CC1. The normalized spacial score (nSPS) is 23.4. The highest BCUT2D eigenvalue weighted by Crippen LogP contribution is 2.51. The minimum Gasteiger partial charge on any atom is -0.508 e. The fourth-order valence-electron chi connectivity index (χ4n) is 10.4. The van der Waals surface area contributed by atoms with Gasteiger partial charge in [0.15, 0.2) is 6.29 Å². The predicted molar refractivity (Wildman–Crippen MR) is 205 cm³/mol. The van der Waals surface area contributed by atoms with Crippen LogP contribution in [0.15, 0.2) is 84.9 Å². The van der Waals surface area contributed by atoms with Gasteiger partial charge in [0.25, 0.3) is 0 Å². The van der Waals surface area contributed by atoms with Crippen LogP contribution in [0.3, 0.4) is 0 Å². The second kappa shape index (κ2) is 13.6. The van der Waals surface area contributed by atoms with Gasteiger partial charge in [0.1, 0.15) is 17.2 Å². The molecule has 270 valence electrons. The lowest BCUT2D eigenvalue weighted by molar-refractivity contribution is 0.0724. The Morgan fingerprint density at radius 2 is 1.65 bits per heavy atom. The van der Waals surface area contributed by atoms with Crippen LogP contribution >= 0.6 is 0 Å². The summed E-state index contributed by atoms with van der Waals surface area (Å²) in [6, 6.07) is 29.7. The lowest BCUT2D eigenvalue weighted by Gasteiger charge is -2.55. The van der Waals surface area contributed by atoms with Gasteiger partial charge >= 0.3 is 0 Å². The molecule has 0 bridgehead atoms. The van der Waals surface area contributed by atoms with Crippen LogP contribution in [-0.2, 0) is 12.0 Å². The Hall–Kier alpha value is -4.33. The third-order valence-corrected chi connectivity index (χ3v) is 13.4. The molecular formula is C45H51N3O4. The summed E-state index contributed by atoms with van der Waals surface area (Å²) in [7, 11) is 1.92. The van der Waals surface area contributed by atoms with E-state index in [0.717, 1.165) is 86.0 Å². The standard InChI is InChI=1S/C45H51N3O4/c1-46-24-38-34(26-49)9-14-40-43(38)52-30-45(40)19-21-47(22-20-45)25-31-15-17-44(18-16-31)28-48(29-44)35-10-7-33(8-11-35)42-37-13-12-36(50)23-41(37)51-27-39(42)32-5-3-2-4-6-32/h2-14,23,26,31,39,42,46,50H,15-22,24-25,27-30H2,1H3. The Kier molecular flexibility index (Phi) is 8.75. The molecule has 2 atom stereocenters. The van der Waals surface area contributed by atoms with E-state index in [1.807, 2.05) is 19.2 Å². The van der Waals surface area contributed by atoms with E-state index in [2.05, 4.69) is 75.8 Å². The number of phenolic OH excluding ortho intramolecular Hbond substituents is 1. The summed E-state index contributed by atoms with van der Waals surface area (Å²) in [5.41, 5.74) is 8.66. The molecule has 0 amide bonds. The van der Waals surface area contributed by atoms with Gasteiger partial charge in [0.05, 0.1) is 13.2 Å². The summed E-state index contributed by atoms with van der Waals surface area (Å²) in [5.74, 6) is 3.15. The number of hydrogen-bond donors (Lipinski definition) is 2. The largest absolute Gasteiger partial charge is 0.508 e. The Morgan fingerprint density at radius 3 is 2.38 bits per heavy atom. The van der Waals surface area contributed by atoms with E-state index in [1.165, 1.54) is 54.6 Å². The molecule has 0 radical (unpaired) electrons. The molecule has 9 rings (SSSR count). The number of hydrogen-bond acceptors (Lipinski definition) is 7. The highest BCUT2D eigenvalue weighted by atomic mass is 16.5. The van der Waals surface area contributed by atoms with E-state index in [4.69, 9.17) is 9.47 Å². The number of anilines is 1. The average molecular weight is 698 g/mol. The Balaban J connectivity index is 0.795. The maximum Gasteiger partial charge on any atom is 0.150 e. The molecule has 4 aliphatic heterocycles. The molecule has 52 heavy (non-hydrogen) atoms. The molecule has 2 saturated heterocycles. The minimum absolute atomic E-state index is 0.0862. The van der Waals surface area contributed by atoms with Gasteiger partial charge in [-0.3, -0.25) is 4.79 Å². The van der Waals surface area contributed by atoms with Gasteiger partial charge < -0.3 is 29.7 Å². The molecule has 7 heteroatoms. The second-order valence-electron chi connectivity index (χ2n) is 16.4. The second-order valence-corrected chi connectivity index (χ2v) is 16.4. The van der Waals surface area contributed by atoms with E-state index in [9.17, 15) is 9.90 Å². The summed E-state index contributed by atoms with van der Waals surface area (Å²) in [6.45, 7) is 7.78. The topological polar surface area (TPSA) is 74.3 Å². The fourth-order valence-corrected chi connectivity index (χ4v) is 10.4. The highest BCUT2D eigenvalue weighted by molar-refractivity contribution is 5.80. The molecule has 4 heterocycles. The van der Waals surface area contributed by atoms with Gasteiger partial charge in [-0.2, -0.15) is 0 Å². The molecule has 2 unspecified atom stereocenters. The van der Waals surface area contributed by atoms with Crippen LogP contribution in [0, 0.1) is 11.3 Å². The zero-order valence-electron chi connectivity index (χ0n) is 30.4. The first-order valence-electron chi connectivity index (χ1n) is 19.4. The zero-order valence-corrected chi connectivity index (χ0v) is 30.4. The van der Waals surface area contributed by atoms with Crippen molar-refractivity contribution in [3.63, 3.8) is 0 Å². The molecule has 1 aliphatic carbocycles. The van der Waals surface area contributed by atoms with Crippen molar-refractivity contribution < 1.29 is 19.4 Å². The minimum atomic E-state index is 0.0862. The van der Waals surface area contributed by atoms with Crippen molar-refractivity contribution in [3.8, 4) is 17.2 Å². The molecule has 0 aromatic heterocycles. The van der Waals surface area contributed by atoms with Crippen molar-refractivity contribution in [2.24, 2.45) is 11.3 Å². The van der Waals surface area contributed by atoms with E-state index in [1.54, 1.807) is 12.1 Å². The van der Waals surface area contributed by atoms with Gasteiger partial charge in [0.2, 0.25) is 0 Å². The first kappa shape index (κ1) is 33.5. The number of carbonyl (C=O) groups excluding carboxylic acids is 1. The Labute approximate surface area is 307 Å². The van der Waals surface area contributed by atoms with Gasteiger partial charge in [-0.15, -0.1) is 0 Å². The van der Waals surface area contributed by atoms with Crippen LogP contribution in [0.1, 0.15) is 88.5 Å². The molecule has 7 nitrogen and oxygen atoms in total. The number of likely N-dealkylation sites (tertiary alicyclic amines) is 1. The van der Waals surface area contributed by atoms with Crippen LogP contribution in [0.4, 0.5) is 5.69 Å². The predicted octanol–water partition coefficient (Wildman–Crippen LogP) is 7.66. The van der Waals surface area contributed by atoms with Crippen molar-refractivity contribution in [1.29, 1.82) is 0 Å². The van der Waals surface area contributed by atoms with Crippen molar-refractivity contribution in [3.05, 3.63) is 118 Å². The average Bonchev–Trinajstić information content (AvgIpc) is 3.53. The van der Waals surface area contributed by atoms with E-state index < -0.39 is 0 Å². The number of fused-ring (bicyclic) bond motifs is 3. The van der Waals surface area contributed by atoms with E-state index in [-0.39, 0.29) is 23.0 Å². The third kappa shape index (κ3) is 5.96. The maximum atomic E-state index is 11.7. The summed E-state index contributed by atoms with van der Waals surface area (Å²) in [5, 5.41) is 13.4. The molecule has 2 N–H and O–H groups in total. The molecule has 5 aliphatic rings. The maximum absolute atomic E-state index is 11.7. The molecule has 4 aromatic carbocycles. The Morgan fingerprint density at radius 1 is 0.885 bits per heavy atom. The summed E-state index contributed by atoms with van der Waals surface area (Å²) in [6.07, 6.45) is 8.55. The molecule has 3 fully saturated rings. The van der Waals surface area contributed by atoms with Gasteiger partial charge in [0, 0.05) is 82.9 Å². The smallest absolute Gasteiger partial charge is 0.150 e. The van der Waals surface area contributed by atoms with Gasteiger partial charge in [-0.25, -0.2) is 0 Å². The van der Waals surface area contributed by atoms with E-state index in [0.29, 0.717) is 18.6 Å². The number of nitrogens with one attached hydrogen (secondary N) is 1. The number of benzene rings is 4. The lowest BCUT2D eigenvalue weighted by atomic mass is 9.65. The van der Waals surface area contributed by atoms with Crippen LogP contribution in [0.5, 0.6) is 17.2 Å². The summed E-state index contributed by atoms with van der Waals surface area (Å²) < 4.78 is 12.5. The summed E-state index contributed by atoms with van der Waals surface area (Å²) >= 11 is 0. The first-order valence-corrected chi connectivity index (χ1v) is 19.4. The van der Waals surface area contributed by atoms with Crippen molar-refractivity contribution >= 4 is 12.0 Å². The van der Waals surface area contributed by atoms with Crippen molar-refractivity contribution in [2.45, 2.75) is 62.3 Å². The number of phenols is 1. The number of nitrogens with zero attached hydrogens (tertiary/aromatic N) is 2. The lowest BCUT2D eigenvalue weighted by Crippen LogP contribution is -2.58. The Bertz CT molecular complexity index is 1900. The number of aldehydes is 1. The number of rotatable bonds is 8. The number of ether oxygens (including phenoxy) is 2. The zero-order chi connectivity index (χ0) is 35.3. The van der Waals surface area contributed by atoms with Crippen LogP contribution < -0.4 is 19.7 Å². The van der Waals surface area contributed by atoms with Gasteiger partial charge in [-0.1, -0.05) is 60.7 Å². The summed E-state index contributed by atoms with van der Waals surface area (Å²) in [4.78, 5) is 17.0. The fraction of sp³-hybridized carbons (Fsp3) is 0.444. The molecule has 1 saturated carbocycles. The van der Waals surface area contributed by atoms with Crippen molar-refractivity contribution in [1.82, 2.24) is 10.2 Å². The van der Waals surface area contributed by atoms with Crippen molar-refractivity contribution in [2.75, 3.05) is 57.9 Å². The monoisotopic (exact) mass is 697 g/mol. The van der Waals surface area contributed by atoms with Crippen LogP contribution in [0.25, 0.3) is 0 Å². The molecular weight excluding hydrogens is 647 g/mol. The third-order valence-electron chi connectivity index (χ3n) is 13.4. The number of piperidine rings is 1.